The van der Waals surface area contributed by atoms with Gasteiger partial charge in [0.2, 0.25) is 0 Å². The molecule has 1 aliphatic rings. The van der Waals surface area contributed by atoms with Gasteiger partial charge < -0.3 is 15.1 Å². The predicted octanol–water partition coefficient (Wildman–Crippen LogP) is 1.33. The van der Waals surface area contributed by atoms with Crippen LogP contribution in [-0.2, 0) is 4.79 Å². The zero-order chi connectivity index (χ0) is 12.0. The lowest BCUT2D eigenvalue weighted by molar-refractivity contribution is -0.139. The van der Waals surface area contributed by atoms with Crippen LogP contribution in [0.1, 0.15) is 39.0 Å². The summed E-state index contributed by atoms with van der Waals surface area (Å²) in [5.41, 5.74) is 0. The third-order valence-electron chi connectivity index (χ3n) is 3.28. The highest BCUT2D eigenvalue weighted by Crippen LogP contribution is 2.21. The molecular weight excluding hydrogens is 206 g/mol. The lowest BCUT2D eigenvalue weighted by Gasteiger charge is -2.32. The van der Waals surface area contributed by atoms with Gasteiger partial charge in [-0.15, -0.1) is 0 Å². The maximum Gasteiger partial charge on any atom is 0.306 e. The van der Waals surface area contributed by atoms with Gasteiger partial charge in [0.15, 0.2) is 0 Å². The summed E-state index contributed by atoms with van der Waals surface area (Å²) in [7, 11) is 0. The quantitative estimate of drug-likeness (QED) is 0.721. The van der Waals surface area contributed by atoms with Crippen LogP contribution in [0.15, 0.2) is 0 Å². The van der Waals surface area contributed by atoms with Gasteiger partial charge in [0.25, 0.3) is 0 Å². The number of rotatable bonds is 6. The van der Waals surface area contributed by atoms with Crippen molar-refractivity contribution in [3.63, 3.8) is 0 Å². The number of β-amino-alcohol motifs (C(OH)–C–C–N with tert-alkyl or cyclic N) is 1. The second-order valence-corrected chi connectivity index (χ2v) is 4.78. The number of carbonyl (C=O) groups is 1. The molecule has 1 unspecified atom stereocenters. The van der Waals surface area contributed by atoms with Gasteiger partial charge >= 0.3 is 5.97 Å². The average molecular weight is 229 g/mol. The fraction of sp³-hybridized carbons (Fsp3) is 0.917. The Labute approximate surface area is 97.3 Å². The molecule has 0 saturated carbocycles. The van der Waals surface area contributed by atoms with Gasteiger partial charge in [0, 0.05) is 6.54 Å². The lowest BCUT2D eigenvalue weighted by atomic mass is 9.92. The molecule has 0 bridgehead atoms. The Hall–Kier alpha value is -0.610. The minimum atomic E-state index is -0.923. The van der Waals surface area contributed by atoms with Crippen molar-refractivity contribution >= 4 is 5.97 Å². The SMILES string of the molecule is CCCC1CCN(CC(O)CC(=O)O)CC1. The van der Waals surface area contributed by atoms with E-state index in [0.717, 1.165) is 19.0 Å². The standard InChI is InChI=1S/C12H23NO3/c1-2-3-10-4-6-13(7-5-10)9-11(14)8-12(15)16/h10-11,14H,2-9H2,1H3,(H,15,16). The molecule has 0 aromatic carbocycles. The topological polar surface area (TPSA) is 60.8 Å². The monoisotopic (exact) mass is 229 g/mol. The summed E-state index contributed by atoms with van der Waals surface area (Å²) in [4.78, 5) is 12.6. The molecule has 4 heteroatoms. The molecule has 2 N–H and O–H groups in total. The van der Waals surface area contributed by atoms with Crippen molar-refractivity contribution in [3.8, 4) is 0 Å². The van der Waals surface area contributed by atoms with Gasteiger partial charge in [0.05, 0.1) is 12.5 Å². The highest BCUT2D eigenvalue weighted by atomic mass is 16.4. The molecular formula is C12H23NO3. The Kier molecular flexibility index (Phi) is 5.77. The summed E-state index contributed by atoms with van der Waals surface area (Å²) in [6, 6.07) is 0. The molecule has 0 radical (unpaired) electrons. The molecule has 16 heavy (non-hydrogen) atoms. The number of hydrogen-bond acceptors (Lipinski definition) is 3. The number of aliphatic carboxylic acids is 1. The third kappa shape index (κ3) is 4.94. The first-order valence-electron chi connectivity index (χ1n) is 6.24. The van der Waals surface area contributed by atoms with Gasteiger partial charge in [-0.05, 0) is 31.8 Å². The van der Waals surface area contributed by atoms with E-state index in [0.29, 0.717) is 6.54 Å². The number of piperidine rings is 1. The number of carboxylic acid groups (broad SMARTS) is 1. The second-order valence-electron chi connectivity index (χ2n) is 4.78. The molecule has 0 amide bonds. The van der Waals surface area contributed by atoms with Gasteiger partial charge in [-0.25, -0.2) is 0 Å². The van der Waals surface area contributed by atoms with E-state index in [1.165, 1.54) is 25.7 Å². The van der Waals surface area contributed by atoms with E-state index in [1.807, 2.05) is 0 Å². The Bertz CT molecular complexity index is 212. The molecule has 0 aromatic rings. The van der Waals surface area contributed by atoms with E-state index in [-0.39, 0.29) is 6.42 Å². The number of likely N-dealkylation sites (tertiary alicyclic amines) is 1. The first kappa shape index (κ1) is 13.5. The van der Waals surface area contributed by atoms with E-state index in [4.69, 9.17) is 5.11 Å². The molecule has 94 valence electrons. The van der Waals surface area contributed by atoms with Crippen molar-refractivity contribution in [1.29, 1.82) is 0 Å². The van der Waals surface area contributed by atoms with E-state index < -0.39 is 12.1 Å². The number of aliphatic hydroxyl groups is 1. The molecule has 4 nitrogen and oxygen atoms in total. The van der Waals surface area contributed by atoms with Gasteiger partial charge in [0.1, 0.15) is 0 Å². The molecule has 0 spiro atoms. The Morgan fingerprint density at radius 3 is 2.56 bits per heavy atom. The van der Waals surface area contributed by atoms with Crippen molar-refractivity contribution in [2.75, 3.05) is 19.6 Å². The minimum absolute atomic E-state index is 0.144. The van der Waals surface area contributed by atoms with Crippen molar-refractivity contribution < 1.29 is 15.0 Å². The van der Waals surface area contributed by atoms with Crippen LogP contribution in [-0.4, -0.2) is 46.8 Å². The Morgan fingerprint density at radius 2 is 2.06 bits per heavy atom. The van der Waals surface area contributed by atoms with E-state index in [9.17, 15) is 9.90 Å². The van der Waals surface area contributed by atoms with E-state index >= 15 is 0 Å². The molecule has 0 aliphatic carbocycles. The average Bonchev–Trinajstić information content (AvgIpc) is 2.20. The van der Waals surface area contributed by atoms with Crippen molar-refractivity contribution in [2.45, 2.75) is 45.1 Å². The molecule has 1 saturated heterocycles. The zero-order valence-electron chi connectivity index (χ0n) is 10.1. The van der Waals surface area contributed by atoms with Crippen LogP contribution >= 0.6 is 0 Å². The molecule has 1 heterocycles. The van der Waals surface area contributed by atoms with Crippen molar-refractivity contribution in [1.82, 2.24) is 4.90 Å². The van der Waals surface area contributed by atoms with Gasteiger partial charge in [-0.3, -0.25) is 4.79 Å². The van der Waals surface area contributed by atoms with Crippen LogP contribution in [0, 0.1) is 5.92 Å². The summed E-state index contributed by atoms with van der Waals surface area (Å²) in [5.74, 6) is -0.0914. The van der Waals surface area contributed by atoms with Crippen LogP contribution in [0.4, 0.5) is 0 Å². The fourth-order valence-electron chi connectivity index (χ4n) is 2.43. The predicted molar refractivity (Wildman–Crippen MR) is 62.3 cm³/mol. The highest BCUT2D eigenvalue weighted by molar-refractivity contribution is 5.67. The number of hydrogen-bond donors (Lipinski definition) is 2. The maximum absolute atomic E-state index is 10.4. The first-order chi connectivity index (χ1) is 7.61. The van der Waals surface area contributed by atoms with Gasteiger partial charge in [-0.2, -0.15) is 0 Å². The Balaban J connectivity index is 2.18. The van der Waals surface area contributed by atoms with Crippen LogP contribution in [0.25, 0.3) is 0 Å². The Morgan fingerprint density at radius 1 is 1.44 bits per heavy atom. The third-order valence-corrected chi connectivity index (χ3v) is 3.28. The zero-order valence-corrected chi connectivity index (χ0v) is 10.1. The second kappa shape index (κ2) is 6.86. The summed E-state index contributed by atoms with van der Waals surface area (Å²) < 4.78 is 0. The largest absolute Gasteiger partial charge is 0.481 e. The van der Waals surface area contributed by atoms with Crippen LogP contribution in [0.5, 0.6) is 0 Å². The molecule has 1 fully saturated rings. The normalized spacial score (nSPS) is 20.9. The summed E-state index contributed by atoms with van der Waals surface area (Å²) >= 11 is 0. The van der Waals surface area contributed by atoms with Crippen LogP contribution < -0.4 is 0 Å². The van der Waals surface area contributed by atoms with Crippen LogP contribution in [0.3, 0.4) is 0 Å². The minimum Gasteiger partial charge on any atom is -0.481 e. The fourth-order valence-corrected chi connectivity index (χ4v) is 2.43. The van der Waals surface area contributed by atoms with Crippen molar-refractivity contribution in [2.24, 2.45) is 5.92 Å². The highest BCUT2D eigenvalue weighted by Gasteiger charge is 2.21. The molecule has 1 rings (SSSR count). The molecule has 0 aromatic heterocycles. The van der Waals surface area contributed by atoms with Gasteiger partial charge in [-0.1, -0.05) is 19.8 Å². The number of carboxylic acids is 1. The lowest BCUT2D eigenvalue weighted by Crippen LogP contribution is -2.39. The number of nitrogens with zero attached hydrogens (tertiary/aromatic N) is 1. The maximum atomic E-state index is 10.4. The van der Waals surface area contributed by atoms with E-state index in [1.54, 1.807) is 0 Å². The smallest absolute Gasteiger partial charge is 0.306 e. The van der Waals surface area contributed by atoms with Crippen LogP contribution in [0.2, 0.25) is 0 Å². The van der Waals surface area contributed by atoms with Crippen molar-refractivity contribution in [3.05, 3.63) is 0 Å². The number of aliphatic hydroxyl groups excluding tert-OH is 1. The molecule has 1 aliphatic heterocycles. The van der Waals surface area contributed by atoms with E-state index in [2.05, 4.69) is 11.8 Å². The summed E-state index contributed by atoms with van der Waals surface area (Å²) in [6.45, 7) is 4.72. The molecule has 1 atom stereocenters. The summed E-state index contributed by atoms with van der Waals surface area (Å²) in [5, 5.41) is 18.1. The first-order valence-corrected chi connectivity index (χ1v) is 6.24. The summed E-state index contributed by atoms with van der Waals surface area (Å²) in [6.07, 6.45) is 4.05.